The van der Waals surface area contributed by atoms with Gasteiger partial charge < -0.3 is 64.5 Å². The lowest BCUT2D eigenvalue weighted by Gasteiger charge is -2.44. The molecule has 8 N–H and O–H groups in total. The molecule has 0 bridgehead atoms. The molecule has 8 atom stereocenters. The minimum Gasteiger partial charge on any atom is -0.508 e. The van der Waals surface area contributed by atoms with E-state index in [1.807, 2.05) is 0 Å². The summed E-state index contributed by atoms with van der Waals surface area (Å²) in [5, 5.41) is 79.8. The molecule has 2 aromatic rings. The Kier molecular flexibility index (Phi) is 10.4. The summed E-state index contributed by atoms with van der Waals surface area (Å²) in [6.45, 7) is -1.99. The maximum Gasteiger partial charge on any atom is 0.331 e. The van der Waals surface area contributed by atoms with E-state index in [0.29, 0.717) is 12.0 Å². The standard InChI is InChI=1S/C28H34O14/c29-12-20-22(35)23(41-21(34)8-4-16-3-7-18(32)19(33)11-16)24(42-27-25(36)28(37,13-30)14-39-27)26(40-20)38-10-9-15-1-5-17(31)6-2-15/h1-8,11,20,22-27,29-33,35-37H,9-10,12-14H2/b8-4+/t20-,22-,23+,24-,25+,26-,27+,28-/m1/s1. The normalized spacial score (nSPS) is 31.4. The monoisotopic (exact) mass is 594 g/mol. The number of rotatable bonds is 11. The Morgan fingerprint density at radius 3 is 2.38 bits per heavy atom. The lowest BCUT2D eigenvalue weighted by Crippen LogP contribution is -2.62. The van der Waals surface area contributed by atoms with Crippen molar-refractivity contribution in [3.63, 3.8) is 0 Å². The van der Waals surface area contributed by atoms with Gasteiger partial charge in [0.25, 0.3) is 0 Å². The van der Waals surface area contributed by atoms with Gasteiger partial charge in [-0.2, -0.15) is 0 Å². The molecule has 2 heterocycles. The molecule has 2 aliphatic rings. The van der Waals surface area contributed by atoms with Crippen LogP contribution in [-0.4, -0.2) is 122 Å². The lowest BCUT2D eigenvalue weighted by atomic mass is 9.97. The zero-order chi connectivity index (χ0) is 30.4. The molecule has 2 aromatic carbocycles. The average molecular weight is 595 g/mol. The van der Waals surface area contributed by atoms with Crippen molar-refractivity contribution in [2.75, 3.05) is 26.4 Å². The van der Waals surface area contributed by atoms with Crippen LogP contribution in [0.25, 0.3) is 6.08 Å². The van der Waals surface area contributed by atoms with Crippen LogP contribution in [0.4, 0.5) is 0 Å². The van der Waals surface area contributed by atoms with E-state index in [1.54, 1.807) is 12.1 Å². The Hall–Kier alpha value is -3.31. The number of aliphatic hydroxyl groups excluding tert-OH is 4. The largest absolute Gasteiger partial charge is 0.508 e. The fraction of sp³-hybridized carbons (Fsp3) is 0.464. The van der Waals surface area contributed by atoms with Crippen LogP contribution in [0.1, 0.15) is 11.1 Å². The van der Waals surface area contributed by atoms with Gasteiger partial charge in [-0.1, -0.05) is 18.2 Å². The molecule has 2 saturated heterocycles. The SMILES string of the molecule is O=C(/C=C/c1ccc(O)c(O)c1)O[C@H]1[C@H](O)[C@@H](CO)O[C@@H](OCCc2ccc(O)cc2)[C@@H]1O[C@@H]1OC[C@](O)(CO)[C@H]1O. The Labute approximate surface area is 240 Å². The van der Waals surface area contributed by atoms with Gasteiger partial charge in [0.1, 0.15) is 29.7 Å². The molecule has 0 radical (unpaired) electrons. The third-order valence-electron chi connectivity index (χ3n) is 6.94. The number of carbonyl (C=O) groups excluding carboxylic acids is 1. The van der Waals surface area contributed by atoms with E-state index in [9.17, 15) is 45.6 Å². The summed E-state index contributed by atoms with van der Waals surface area (Å²) in [6.07, 6.45) is -7.95. The van der Waals surface area contributed by atoms with Crippen LogP contribution in [0.3, 0.4) is 0 Å². The highest BCUT2D eigenvalue weighted by atomic mass is 16.8. The zero-order valence-electron chi connectivity index (χ0n) is 22.3. The van der Waals surface area contributed by atoms with Crippen molar-refractivity contribution in [3.05, 3.63) is 59.7 Å². The van der Waals surface area contributed by atoms with E-state index in [0.717, 1.165) is 11.6 Å². The van der Waals surface area contributed by atoms with Crippen molar-refractivity contribution in [2.45, 2.75) is 55.1 Å². The second-order valence-corrected chi connectivity index (χ2v) is 9.97. The third-order valence-corrected chi connectivity index (χ3v) is 6.94. The first-order chi connectivity index (χ1) is 20.0. The van der Waals surface area contributed by atoms with Gasteiger partial charge in [0.2, 0.25) is 0 Å². The quantitative estimate of drug-likeness (QED) is 0.0878. The van der Waals surface area contributed by atoms with Gasteiger partial charge in [-0.15, -0.1) is 0 Å². The van der Waals surface area contributed by atoms with Crippen LogP contribution in [0.2, 0.25) is 0 Å². The summed E-state index contributed by atoms with van der Waals surface area (Å²) in [6, 6.07) is 10.2. The van der Waals surface area contributed by atoms with E-state index in [1.165, 1.54) is 36.4 Å². The molecule has 0 amide bonds. The summed E-state index contributed by atoms with van der Waals surface area (Å²) < 4.78 is 28.2. The third kappa shape index (κ3) is 7.36. The van der Waals surface area contributed by atoms with Crippen molar-refractivity contribution in [2.24, 2.45) is 0 Å². The summed E-state index contributed by atoms with van der Waals surface area (Å²) in [7, 11) is 0. The van der Waals surface area contributed by atoms with Crippen molar-refractivity contribution in [3.8, 4) is 17.2 Å². The Morgan fingerprint density at radius 2 is 1.74 bits per heavy atom. The summed E-state index contributed by atoms with van der Waals surface area (Å²) in [5.41, 5.74) is -0.889. The van der Waals surface area contributed by atoms with Gasteiger partial charge in [-0.25, -0.2) is 4.79 Å². The smallest absolute Gasteiger partial charge is 0.331 e. The first kappa shape index (κ1) is 31.6. The van der Waals surface area contributed by atoms with Crippen molar-refractivity contribution >= 4 is 12.0 Å². The number of esters is 1. The number of hydrogen-bond acceptors (Lipinski definition) is 14. The Morgan fingerprint density at radius 1 is 1.00 bits per heavy atom. The van der Waals surface area contributed by atoms with Crippen molar-refractivity contribution in [1.82, 2.24) is 0 Å². The summed E-state index contributed by atoms with van der Waals surface area (Å²) in [5.74, 6) is -1.64. The van der Waals surface area contributed by atoms with Crippen LogP contribution in [0.5, 0.6) is 17.2 Å². The second kappa shape index (κ2) is 13.8. The number of aromatic hydroxyl groups is 3. The number of ether oxygens (including phenoxy) is 5. The number of carbonyl (C=O) groups is 1. The van der Waals surface area contributed by atoms with Gasteiger partial charge in [0, 0.05) is 6.08 Å². The minimum atomic E-state index is -2.04. The Bertz CT molecular complexity index is 1220. The lowest BCUT2D eigenvalue weighted by molar-refractivity contribution is -0.336. The molecular formula is C28H34O14. The molecule has 0 unspecified atom stereocenters. The van der Waals surface area contributed by atoms with Crippen LogP contribution >= 0.6 is 0 Å². The van der Waals surface area contributed by atoms with E-state index in [-0.39, 0.29) is 18.1 Å². The maximum atomic E-state index is 12.8. The highest BCUT2D eigenvalue weighted by molar-refractivity contribution is 5.87. The van der Waals surface area contributed by atoms with Crippen molar-refractivity contribution in [1.29, 1.82) is 0 Å². The highest BCUT2D eigenvalue weighted by Crippen LogP contribution is 2.33. The van der Waals surface area contributed by atoms with Gasteiger partial charge in [0.05, 0.1) is 26.4 Å². The minimum absolute atomic E-state index is 0.0170. The maximum absolute atomic E-state index is 12.8. The van der Waals surface area contributed by atoms with E-state index >= 15 is 0 Å². The number of hydrogen-bond donors (Lipinski definition) is 8. The molecule has 42 heavy (non-hydrogen) atoms. The molecule has 4 rings (SSSR count). The Balaban J connectivity index is 1.54. The second-order valence-electron chi connectivity index (χ2n) is 9.97. The molecule has 0 aromatic heterocycles. The van der Waals surface area contributed by atoms with Gasteiger partial charge in [-0.3, -0.25) is 0 Å². The molecule has 2 aliphatic heterocycles. The fourth-order valence-electron chi connectivity index (χ4n) is 4.46. The van der Waals surface area contributed by atoms with Crippen LogP contribution in [0.15, 0.2) is 48.5 Å². The molecule has 0 spiro atoms. The van der Waals surface area contributed by atoms with Gasteiger partial charge in [-0.05, 0) is 47.9 Å². The van der Waals surface area contributed by atoms with Crippen molar-refractivity contribution < 1.29 is 69.3 Å². The van der Waals surface area contributed by atoms with E-state index in [4.69, 9.17) is 23.7 Å². The molecule has 14 heteroatoms. The molecule has 0 aliphatic carbocycles. The molecule has 14 nitrogen and oxygen atoms in total. The fourth-order valence-corrected chi connectivity index (χ4v) is 4.46. The summed E-state index contributed by atoms with van der Waals surface area (Å²) >= 11 is 0. The van der Waals surface area contributed by atoms with Crippen LogP contribution < -0.4 is 0 Å². The average Bonchev–Trinajstić information content (AvgIpc) is 3.26. The molecule has 2 fully saturated rings. The van der Waals surface area contributed by atoms with E-state index in [2.05, 4.69) is 0 Å². The first-order valence-corrected chi connectivity index (χ1v) is 13.1. The number of benzene rings is 2. The number of phenols is 3. The summed E-state index contributed by atoms with van der Waals surface area (Å²) in [4.78, 5) is 12.8. The predicted molar refractivity (Wildman–Crippen MR) is 141 cm³/mol. The number of phenolic OH excluding ortho intramolecular Hbond substituents is 3. The molecule has 0 saturated carbocycles. The molecule has 230 valence electrons. The predicted octanol–water partition coefficient (Wildman–Crippen LogP) is -1.11. The van der Waals surface area contributed by atoms with Gasteiger partial charge in [0.15, 0.2) is 36.3 Å². The highest BCUT2D eigenvalue weighted by Gasteiger charge is 2.54. The van der Waals surface area contributed by atoms with Crippen LogP contribution in [-0.2, 0) is 34.9 Å². The zero-order valence-corrected chi connectivity index (χ0v) is 22.3. The first-order valence-electron chi connectivity index (χ1n) is 13.1. The number of aliphatic hydroxyl groups is 5. The molecular weight excluding hydrogens is 560 g/mol. The van der Waals surface area contributed by atoms with E-state index < -0.39 is 80.2 Å². The topological polar surface area (TPSA) is 225 Å². The van der Waals surface area contributed by atoms with Crippen LogP contribution in [0, 0.1) is 0 Å². The van der Waals surface area contributed by atoms with Gasteiger partial charge >= 0.3 is 5.97 Å².